The van der Waals surface area contributed by atoms with Gasteiger partial charge in [0, 0.05) is 24.8 Å². The number of aromatic carboxylic acids is 1. The van der Waals surface area contributed by atoms with Gasteiger partial charge in [-0.2, -0.15) is 0 Å². The van der Waals surface area contributed by atoms with Gasteiger partial charge in [-0.05, 0) is 38.6 Å². The molecule has 1 fully saturated rings. The van der Waals surface area contributed by atoms with Gasteiger partial charge in [-0.3, -0.25) is 4.90 Å². The third-order valence-corrected chi connectivity index (χ3v) is 4.04. The minimum atomic E-state index is -0.904. The predicted molar refractivity (Wildman–Crippen MR) is 79.5 cm³/mol. The zero-order valence-electron chi connectivity index (χ0n) is 12.5. The minimum absolute atomic E-state index is 0.302. The number of hydrogen-bond acceptors (Lipinski definition) is 4. The lowest BCUT2D eigenvalue weighted by molar-refractivity contribution is 0.0697. The Morgan fingerprint density at radius 3 is 2.75 bits per heavy atom. The number of carbonyl (C=O) groups is 1. The topological polar surface area (TPSA) is 56.7 Å². The van der Waals surface area contributed by atoms with Crippen LogP contribution in [0.4, 0.5) is 5.82 Å². The average Bonchev–Trinajstić information content (AvgIpc) is 2.89. The maximum Gasteiger partial charge on any atom is 0.339 e. The van der Waals surface area contributed by atoms with Crippen LogP contribution >= 0.6 is 0 Å². The third kappa shape index (κ3) is 2.93. The van der Waals surface area contributed by atoms with Crippen molar-refractivity contribution in [1.29, 1.82) is 0 Å². The largest absolute Gasteiger partial charge is 0.478 e. The van der Waals surface area contributed by atoms with E-state index in [-0.39, 0.29) is 0 Å². The number of likely N-dealkylation sites (N-methyl/N-ethyl adjacent to an activating group) is 1. The van der Waals surface area contributed by atoms with Crippen molar-refractivity contribution in [2.24, 2.45) is 0 Å². The molecule has 1 aliphatic heterocycles. The van der Waals surface area contributed by atoms with Crippen molar-refractivity contribution in [3.8, 4) is 0 Å². The van der Waals surface area contributed by atoms with Crippen LogP contribution in [0.3, 0.4) is 0 Å². The number of carboxylic acids is 1. The van der Waals surface area contributed by atoms with Gasteiger partial charge in [0.05, 0.1) is 0 Å². The summed E-state index contributed by atoms with van der Waals surface area (Å²) in [5, 5.41) is 9.31. The van der Waals surface area contributed by atoms with Gasteiger partial charge in [-0.25, -0.2) is 9.78 Å². The second-order valence-corrected chi connectivity index (χ2v) is 5.24. The molecule has 1 atom stereocenters. The van der Waals surface area contributed by atoms with Crippen LogP contribution < -0.4 is 4.90 Å². The van der Waals surface area contributed by atoms with Gasteiger partial charge in [-0.15, -0.1) is 0 Å². The molecule has 110 valence electrons. The molecule has 2 rings (SSSR count). The zero-order chi connectivity index (χ0) is 14.7. The third-order valence-electron chi connectivity index (χ3n) is 4.04. The Hall–Kier alpha value is -1.62. The van der Waals surface area contributed by atoms with Crippen LogP contribution in [0.1, 0.15) is 36.3 Å². The summed E-state index contributed by atoms with van der Waals surface area (Å²) in [5.74, 6) is -0.286. The Morgan fingerprint density at radius 1 is 1.45 bits per heavy atom. The van der Waals surface area contributed by atoms with E-state index in [4.69, 9.17) is 0 Å². The maximum absolute atomic E-state index is 11.3. The zero-order valence-corrected chi connectivity index (χ0v) is 12.5. The first kappa shape index (κ1) is 14.8. The molecule has 1 aromatic heterocycles. The number of carboxylic acid groups (broad SMARTS) is 1. The Balaban J connectivity index is 2.21. The van der Waals surface area contributed by atoms with Crippen LogP contribution in [0.5, 0.6) is 0 Å². The normalized spacial score (nSPS) is 18.8. The summed E-state index contributed by atoms with van der Waals surface area (Å²) >= 11 is 0. The number of nitrogens with zero attached hydrogens (tertiary/aromatic N) is 3. The van der Waals surface area contributed by atoms with Crippen molar-refractivity contribution in [3.63, 3.8) is 0 Å². The molecule has 2 heterocycles. The van der Waals surface area contributed by atoms with E-state index in [2.05, 4.69) is 28.6 Å². The molecular formula is C15H23N3O2. The van der Waals surface area contributed by atoms with Crippen LogP contribution in [-0.4, -0.2) is 53.2 Å². The summed E-state index contributed by atoms with van der Waals surface area (Å²) in [6.07, 6.45) is 1.07. The summed E-state index contributed by atoms with van der Waals surface area (Å²) in [6, 6.07) is 3.91. The van der Waals surface area contributed by atoms with Crippen LogP contribution in [0.2, 0.25) is 0 Å². The van der Waals surface area contributed by atoms with E-state index in [1.54, 1.807) is 12.1 Å². The molecule has 0 aromatic carbocycles. The standard InChI is InChI=1S/C15H23N3O2/c1-4-17(5-2)12-8-9-18(10-12)14-13(15(19)20)7-6-11(3)16-14/h6-7,12H,4-5,8-10H2,1-3H3,(H,19,20). The van der Waals surface area contributed by atoms with E-state index in [9.17, 15) is 9.90 Å². The van der Waals surface area contributed by atoms with E-state index in [0.29, 0.717) is 17.4 Å². The molecule has 0 bridgehead atoms. The summed E-state index contributed by atoms with van der Waals surface area (Å²) in [7, 11) is 0. The smallest absolute Gasteiger partial charge is 0.339 e. The maximum atomic E-state index is 11.3. The lowest BCUT2D eigenvalue weighted by Crippen LogP contribution is -2.37. The van der Waals surface area contributed by atoms with Crippen molar-refractivity contribution < 1.29 is 9.90 Å². The van der Waals surface area contributed by atoms with Gasteiger partial charge in [0.15, 0.2) is 0 Å². The molecule has 5 heteroatoms. The Kier molecular flexibility index (Phi) is 4.60. The first-order chi connectivity index (χ1) is 9.56. The molecule has 1 aromatic rings. The molecule has 1 saturated heterocycles. The van der Waals surface area contributed by atoms with Gasteiger partial charge in [0.1, 0.15) is 11.4 Å². The highest BCUT2D eigenvalue weighted by molar-refractivity contribution is 5.93. The average molecular weight is 277 g/mol. The second-order valence-electron chi connectivity index (χ2n) is 5.24. The fraction of sp³-hybridized carbons (Fsp3) is 0.600. The Labute approximate surface area is 120 Å². The number of pyridine rings is 1. The monoisotopic (exact) mass is 277 g/mol. The van der Waals surface area contributed by atoms with Gasteiger partial charge in [0.2, 0.25) is 0 Å². The van der Waals surface area contributed by atoms with Gasteiger partial charge in [0.25, 0.3) is 0 Å². The molecule has 1 N–H and O–H groups in total. The van der Waals surface area contributed by atoms with Crippen LogP contribution in [0.15, 0.2) is 12.1 Å². The minimum Gasteiger partial charge on any atom is -0.478 e. The summed E-state index contributed by atoms with van der Waals surface area (Å²) in [5.41, 5.74) is 1.16. The first-order valence-corrected chi connectivity index (χ1v) is 7.26. The first-order valence-electron chi connectivity index (χ1n) is 7.26. The number of hydrogen-bond donors (Lipinski definition) is 1. The van der Waals surface area contributed by atoms with Gasteiger partial charge < -0.3 is 10.0 Å². The lowest BCUT2D eigenvalue weighted by atomic mass is 10.2. The van der Waals surface area contributed by atoms with E-state index in [1.165, 1.54) is 0 Å². The highest BCUT2D eigenvalue weighted by Gasteiger charge is 2.29. The van der Waals surface area contributed by atoms with E-state index in [0.717, 1.165) is 38.3 Å². The van der Waals surface area contributed by atoms with Crippen molar-refractivity contribution in [3.05, 3.63) is 23.4 Å². The predicted octanol–water partition coefficient (Wildman–Crippen LogP) is 2.01. The summed E-state index contributed by atoms with van der Waals surface area (Å²) in [4.78, 5) is 20.3. The fourth-order valence-electron chi connectivity index (χ4n) is 2.92. The number of aryl methyl sites for hydroxylation is 1. The highest BCUT2D eigenvalue weighted by Crippen LogP contribution is 2.25. The van der Waals surface area contributed by atoms with Crippen molar-refractivity contribution >= 4 is 11.8 Å². The van der Waals surface area contributed by atoms with E-state index in [1.807, 2.05) is 6.92 Å². The molecule has 5 nitrogen and oxygen atoms in total. The van der Waals surface area contributed by atoms with Crippen LogP contribution in [-0.2, 0) is 0 Å². The molecular weight excluding hydrogens is 254 g/mol. The molecule has 0 spiro atoms. The van der Waals surface area contributed by atoms with Crippen molar-refractivity contribution in [2.75, 3.05) is 31.1 Å². The van der Waals surface area contributed by atoms with E-state index >= 15 is 0 Å². The molecule has 0 radical (unpaired) electrons. The van der Waals surface area contributed by atoms with Gasteiger partial charge in [-0.1, -0.05) is 13.8 Å². The van der Waals surface area contributed by atoms with E-state index < -0.39 is 5.97 Å². The van der Waals surface area contributed by atoms with Crippen LogP contribution in [0.25, 0.3) is 0 Å². The number of anilines is 1. The Morgan fingerprint density at radius 2 is 2.15 bits per heavy atom. The molecule has 0 aliphatic carbocycles. The Bertz CT molecular complexity index is 486. The number of rotatable bonds is 5. The molecule has 1 unspecified atom stereocenters. The SMILES string of the molecule is CCN(CC)C1CCN(c2nc(C)ccc2C(=O)O)C1. The number of aromatic nitrogens is 1. The summed E-state index contributed by atoms with van der Waals surface area (Å²) < 4.78 is 0. The fourth-order valence-corrected chi connectivity index (χ4v) is 2.92. The summed E-state index contributed by atoms with van der Waals surface area (Å²) in [6.45, 7) is 10.0. The highest BCUT2D eigenvalue weighted by atomic mass is 16.4. The molecule has 1 aliphatic rings. The van der Waals surface area contributed by atoms with Gasteiger partial charge >= 0.3 is 5.97 Å². The van der Waals surface area contributed by atoms with Crippen molar-refractivity contribution in [2.45, 2.75) is 33.2 Å². The van der Waals surface area contributed by atoms with Crippen LogP contribution in [0, 0.1) is 6.92 Å². The molecule has 20 heavy (non-hydrogen) atoms. The molecule has 0 amide bonds. The van der Waals surface area contributed by atoms with Crippen molar-refractivity contribution in [1.82, 2.24) is 9.88 Å². The second kappa shape index (κ2) is 6.22. The quantitative estimate of drug-likeness (QED) is 0.892. The molecule has 0 saturated carbocycles. The lowest BCUT2D eigenvalue weighted by Gasteiger charge is -2.26.